The summed E-state index contributed by atoms with van der Waals surface area (Å²) in [5.74, 6) is 0. The quantitative estimate of drug-likeness (QED) is 0.698. The van der Waals surface area contributed by atoms with Crippen LogP contribution in [0.4, 0.5) is 5.69 Å². The van der Waals surface area contributed by atoms with Crippen molar-refractivity contribution in [3.63, 3.8) is 0 Å². The summed E-state index contributed by atoms with van der Waals surface area (Å²) in [6.07, 6.45) is 4.36. The van der Waals surface area contributed by atoms with Crippen LogP contribution in [0.2, 0.25) is 0 Å². The second-order valence-corrected chi connectivity index (χ2v) is 4.11. The molecule has 2 rings (SSSR count). The Hall–Kier alpha value is -0.900. The molecule has 0 bridgehead atoms. The molecule has 12 heavy (non-hydrogen) atoms. The molecule has 1 aromatic rings. The molecule has 1 N–H and O–H groups in total. The summed E-state index contributed by atoms with van der Waals surface area (Å²) in [6, 6.07) is 1.81. The lowest BCUT2D eigenvalue weighted by Crippen LogP contribution is -1.97. The van der Waals surface area contributed by atoms with E-state index in [0.29, 0.717) is 0 Å². The fourth-order valence-corrected chi connectivity index (χ4v) is 2.14. The van der Waals surface area contributed by atoms with Crippen LogP contribution in [0.5, 0.6) is 0 Å². The third-order valence-corrected chi connectivity index (χ3v) is 2.92. The van der Waals surface area contributed by atoms with E-state index in [-0.39, 0.29) is 0 Å². The molecule has 0 spiro atoms. The van der Waals surface area contributed by atoms with Gasteiger partial charge in [-0.3, -0.25) is 9.19 Å². The Morgan fingerprint density at radius 2 is 2.50 bits per heavy atom. The number of hydrogen-bond donors (Lipinski definition) is 1. The molecular formula is C8H10N2OS. The van der Waals surface area contributed by atoms with Gasteiger partial charge in [0.15, 0.2) is 0 Å². The first-order valence-corrected chi connectivity index (χ1v) is 5.40. The smallest absolute Gasteiger partial charge is 0.0724 e. The highest BCUT2D eigenvalue weighted by molar-refractivity contribution is 7.84. The minimum Gasteiger partial charge on any atom is -0.382 e. The van der Waals surface area contributed by atoms with Gasteiger partial charge >= 0.3 is 0 Å². The van der Waals surface area contributed by atoms with E-state index >= 15 is 0 Å². The molecular weight excluding hydrogens is 172 g/mol. The Balaban J connectivity index is 2.56. The first kappa shape index (κ1) is 7.73. The Kier molecular flexibility index (Phi) is 1.84. The second-order valence-electron chi connectivity index (χ2n) is 2.76. The van der Waals surface area contributed by atoms with Crippen molar-refractivity contribution >= 4 is 16.5 Å². The molecule has 0 saturated heterocycles. The van der Waals surface area contributed by atoms with Crippen LogP contribution in [0.15, 0.2) is 17.2 Å². The molecule has 64 valence electrons. The fourth-order valence-electron chi connectivity index (χ4n) is 1.41. The molecule has 1 aromatic heterocycles. The summed E-state index contributed by atoms with van der Waals surface area (Å²) in [7, 11) is -0.913. The van der Waals surface area contributed by atoms with E-state index < -0.39 is 10.8 Å². The van der Waals surface area contributed by atoms with Gasteiger partial charge in [0.2, 0.25) is 0 Å². The van der Waals surface area contributed by atoms with Gasteiger partial charge in [-0.05, 0) is 6.07 Å². The number of nitrogens with one attached hydrogen (secondary N) is 1. The first-order chi connectivity index (χ1) is 5.79. The van der Waals surface area contributed by atoms with Crippen molar-refractivity contribution in [3.05, 3.63) is 18.0 Å². The maximum absolute atomic E-state index is 11.2. The SMILES string of the molecule is CS(=O)c1ccnc2c1NCC2. The minimum absolute atomic E-state index is 0.873. The summed E-state index contributed by atoms with van der Waals surface area (Å²) in [5.41, 5.74) is 2.03. The zero-order valence-corrected chi connectivity index (χ0v) is 7.65. The Bertz CT molecular complexity index is 338. The average Bonchev–Trinajstić information content (AvgIpc) is 2.49. The number of fused-ring (bicyclic) bond motifs is 1. The van der Waals surface area contributed by atoms with Crippen molar-refractivity contribution in [2.24, 2.45) is 0 Å². The van der Waals surface area contributed by atoms with Crippen LogP contribution in [0.3, 0.4) is 0 Å². The zero-order valence-electron chi connectivity index (χ0n) is 6.83. The van der Waals surface area contributed by atoms with E-state index in [1.807, 2.05) is 6.07 Å². The highest BCUT2D eigenvalue weighted by Gasteiger charge is 2.16. The second kappa shape index (κ2) is 2.86. The van der Waals surface area contributed by atoms with Crippen LogP contribution >= 0.6 is 0 Å². The lowest BCUT2D eigenvalue weighted by Gasteiger charge is -2.03. The Labute approximate surface area is 73.7 Å². The standard InChI is InChI=1S/C8H10N2OS/c1-12(11)7-3-5-9-6-2-4-10-8(6)7/h3,5,10H,2,4H2,1H3. The zero-order chi connectivity index (χ0) is 8.55. The summed E-state index contributed by atoms with van der Waals surface area (Å²) < 4.78 is 11.2. The molecule has 1 aliphatic rings. The molecule has 4 heteroatoms. The molecule has 0 saturated carbocycles. The predicted octanol–water partition coefficient (Wildman–Crippen LogP) is 0.787. The van der Waals surface area contributed by atoms with Gasteiger partial charge in [0.1, 0.15) is 0 Å². The number of aromatic nitrogens is 1. The van der Waals surface area contributed by atoms with E-state index in [1.165, 1.54) is 0 Å². The third-order valence-electron chi connectivity index (χ3n) is 1.96. The van der Waals surface area contributed by atoms with Gasteiger partial charge in [0.05, 0.1) is 27.1 Å². The molecule has 1 atom stereocenters. The Morgan fingerprint density at radius 1 is 1.67 bits per heavy atom. The maximum atomic E-state index is 11.2. The molecule has 0 aliphatic carbocycles. The molecule has 0 fully saturated rings. The Morgan fingerprint density at radius 3 is 3.25 bits per heavy atom. The molecule has 0 radical (unpaired) electrons. The highest BCUT2D eigenvalue weighted by atomic mass is 32.2. The van der Waals surface area contributed by atoms with Gasteiger partial charge in [0, 0.05) is 25.4 Å². The predicted molar refractivity (Wildman–Crippen MR) is 48.8 cm³/mol. The van der Waals surface area contributed by atoms with Crippen LogP contribution in [-0.4, -0.2) is 22.0 Å². The van der Waals surface area contributed by atoms with Crippen LogP contribution in [0.1, 0.15) is 5.69 Å². The third kappa shape index (κ3) is 1.12. The monoisotopic (exact) mass is 182 g/mol. The normalized spacial score (nSPS) is 16.8. The molecule has 1 unspecified atom stereocenters. The van der Waals surface area contributed by atoms with Gasteiger partial charge in [-0.25, -0.2) is 0 Å². The van der Waals surface area contributed by atoms with Crippen molar-refractivity contribution in [1.29, 1.82) is 0 Å². The lowest BCUT2D eigenvalue weighted by atomic mass is 10.3. The van der Waals surface area contributed by atoms with Crippen LogP contribution < -0.4 is 5.32 Å². The van der Waals surface area contributed by atoms with Gasteiger partial charge in [-0.2, -0.15) is 0 Å². The average molecular weight is 182 g/mol. The summed E-state index contributed by atoms with van der Waals surface area (Å²) in [5, 5.41) is 3.19. The van der Waals surface area contributed by atoms with Gasteiger partial charge in [-0.1, -0.05) is 0 Å². The molecule has 0 aromatic carbocycles. The van der Waals surface area contributed by atoms with E-state index in [9.17, 15) is 4.21 Å². The largest absolute Gasteiger partial charge is 0.382 e. The number of anilines is 1. The molecule has 1 aliphatic heterocycles. The highest BCUT2D eigenvalue weighted by Crippen LogP contribution is 2.26. The minimum atomic E-state index is -0.913. The van der Waals surface area contributed by atoms with Crippen molar-refractivity contribution in [1.82, 2.24) is 4.98 Å². The van der Waals surface area contributed by atoms with Crippen molar-refractivity contribution in [3.8, 4) is 0 Å². The van der Waals surface area contributed by atoms with Crippen LogP contribution in [0.25, 0.3) is 0 Å². The van der Waals surface area contributed by atoms with E-state index in [4.69, 9.17) is 0 Å². The van der Waals surface area contributed by atoms with Gasteiger partial charge in [-0.15, -0.1) is 0 Å². The van der Waals surface area contributed by atoms with Gasteiger partial charge in [0.25, 0.3) is 0 Å². The number of nitrogens with zero attached hydrogens (tertiary/aromatic N) is 1. The van der Waals surface area contributed by atoms with Crippen LogP contribution in [-0.2, 0) is 17.2 Å². The number of hydrogen-bond acceptors (Lipinski definition) is 3. The van der Waals surface area contributed by atoms with Crippen molar-refractivity contribution < 1.29 is 4.21 Å². The topological polar surface area (TPSA) is 42.0 Å². The number of rotatable bonds is 1. The molecule has 2 heterocycles. The van der Waals surface area contributed by atoms with E-state index in [1.54, 1.807) is 12.5 Å². The van der Waals surface area contributed by atoms with E-state index in [0.717, 1.165) is 29.2 Å². The summed E-state index contributed by atoms with van der Waals surface area (Å²) in [4.78, 5) is 5.08. The van der Waals surface area contributed by atoms with Gasteiger partial charge < -0.3 is 5.32 Å². The lowest BCUT2D eigenvalue weighted by molar-refractivity contribution is 0.687. The molecule has 3 nitrogen and oxygen atoms in total. The number of pyridine rings is 1. The van der Waals surface area contributed by atoms with Crippen LogP contribution in [0, 0.1) is 0 Å². The van der Waals surface area contributed by atoms with E-state index in [2.05, 4.69) is 10.3 Å². The van der Waals surface area contributed by atoms with Crippen molar-refractivity contribution in [2.75, 3.05) is 18.1 Å². The van der Waals surface area contributed by atoms with Crippen molar-refractivity contribution in [2.45, 2.75) is 11.3 Å². The first-order valence-electron chi connectivity index (χ1n) is 3.84. The fraction of sp³-hybridized carbons (Fsp3) is 0.375. The maximum Gasteiger partial charge on any atom is 0.0724 e. The summed E-state index contributed by atoms with van der Waals surface area (Å²) in [6.45, 7) is 0.913. The summed E-state index contributed by atoms with van der Waals surface area (Å²) >= 11 is 0. The molecule has 0 amide bonds.